The third kappa shape index (κ3) is 1.97. The van der Waals surface area contributed by atoms with E-state index in [1.807, 2.05) is 49.4 Å². The molecule has 0 saturated heterocycles. The molecule has 0 fully saturated rings. The summed E-state index contributed by atoms with van der Waals surface area (Å²) in [5.74, 6) is 1.02. The molecule has 0 amide bonds. The Labute approximate surface area is 110 Å². The monoisotopic (exact) mass is 251 g/mol. The fourth-order valence-corrected chi connectivity index (χ4v) is 2.07. The van der Waals surface area contributed by atoms with Gasteiger partial charge in [-0.3, -0.25) is 4.98 Å². The first-order chi connectivity index (χ1) is 9.27. The number of rotatable bonds is 2. The zero-order chi connectivity index (χ0) is 13.2. The van der Waals surface area contributed by atoms with Crippen LogP contribution in [0.5, 0.6) is 0 Å². The zero-order valence-electron chi connectivity index (χ0n) is 10.5. The summed E-state index contributed by atoms with van der Waals surface area (Å²) >= 11 is 0. The van der Waals surface area contributed by atoms with Crippen LogP contribution in [0.2, 0.25) is 0 Å². The summed E-state index contributed by atoms with van der Waals surface area (Å²) in [4.78, 5) is 4.32. The van der Waals surface area contributed by atoms with Crippen LogP contribution in [0.25, 0.3) is 22.6 Å². The number of aromatic nitrogens is 2. The van der Waals surface area contributed by atoms with Gasteiger partial charge in [-0.05, 0) is 24.6 Å². The Bertz CT molecular complexity index is 704. The number of pyridine rings is 1. The summed E-state index contributed by atoms with van der Waals surface area (Å²) in [5.41, 5.74) is 9.51. The first-order valence-corrected chi connectivity index (χ1v) is 6.00. The number of anilines is 1. The van der Waals surface area contributed by atoms with Crippen LogP contribution in [-0.4, -0.2) is 10.1 Å². The standard InChI is InChI=1S/C15H13N3O/c1-10-6-2-3-7-11(10)14-13(15(16)18-19-14)12-8-4-5-9-17-12/h2-9H,1H3,(H2,16,18). The number of hydrogen-bond donors (Lipinski definition) is 1. The Morgan fingerprint density at radius 1 is 1.05 bits per heavy atom. The Balaban J connectivity index is 2.23. The van der Waals surface area contributed by atoms with Crippen molar-refractivity contribution >= 4 is 5.82 Å². The minimum atomic E-state index is 0.358. The average molecular weight is 251 g/mol. The number of nitrogens with zero attached hydrogens (tertiary/aromatic N) is 2. The third-order valence-electron chi connectivity index (χ3n) is 3.03. The summed E-state index contributed by atoms with van der Waals surface area (Å²) in [6.07, 6.45) is 1.73. The van der Waals surface area contributed by atoms with E-state index in [0.717, 1.165) is 22.4 Å². The first kappa shape index (κ1) is 11.5. The first-order valence-electron chi connectivity index (χ1n) is 6.00. The van der Waals surface area contributed by atoms with Crippen molar-refractivity contribution in [1.29, 1.82) is 0 Å². The second-order valence-corrected chi connectivity index (χ2v) is 4.30. The van der Waals surface area contributed by atoms with Crippen LogP contribution in [-0.2, 0) is 0 Å². The van der Waals surface area contributed by atoms with E-state index >= 15 is 0 Å². The topological polar surface area (TPSA) is 64.9 Å². The van der Waals surface area contributed by atoms with Crippen LogP contribution in [0.4, 0.5) is 5.82 Å². The molecular weight excluding hydrogens is 238 g/mol. The summed E-state index contributed by atoms with van der Waals surface area (Å²) in [6.45, 7) is 2.02. The third-order valence-corrected chi connectivity index (χ3v) is 3.03. The highest BCUT2D eigenvalue weighted by molar-refractivity contribution is 5.85. The van der Waals surface area contributed by atoms with Crippen molar-refractivity contribution in [2.75, 3.05) is 5.73 Å². The van der Waals surface area contributed by atoms with Gasteiger partial charge in [-0.15, -0.1) is 0 Å². The van der Waals surface area contributed by atoms with Crippen LogP contribution >= 0.6 is 0 Å². The molecule has 94 valence electrons. The molecule has 4 heteroatoms. The predicted octanol–water partition coefficient (Wildman–Crippen LogP) is 3.29. The predicted molar refractivity (Wildman–Crippen MR) is 74.3 cm³/mol. The molecule has 3 aromatic rings. The van der Waals surface area contributed by atoms with Crippen molar-refractivity contribution in [3.05, 3.63) is 54.2 Å². The largest absolute Gasteiger partial charge is 0.380 e. The molecule has 0 atom stereocenters. The van der Waals surface area contributed by atoms with Crippen LogP contribution in [0.1, 0.15) is 5.56 Å². The highest BCUT2D eigenvalue weighted by Crippen LogP contribution is 2.36. The van der Waals surface area contributed by atoms with Gasteiger partial charge in [0.2, 0.25) is 0 Å². The Kier molecular flexibility index (Phi) is 2.76. The van der Waals surface area contributed by atoms with E-state index in [1.54, 1.807) is 6.20 Å². The molecule has 1 aromatic carbocycles. The maximum absolute atomic E-state index is 5.92. The van der Waals surface area contributed by atoms with Gasteiger partial charge < -0.3 is 10.3 Å². The van der Waals surface area contributed by atoms with Gasteiger partial charge in [0.05, 0.1) is 11.3 Å². The van der Waals surface area contributed by atoms with Gasteiger partial charge in [-0.25, -0.2) is 0 Å². The molecule has 19 heavy (non-hydrogen) atoms. The van der Waals surface area contributed by atoms with E-state index in [0.29, 0.717) is 11.6 Å². The number of benzene rings is 1. The molecule has 4 nitrogen and oxygen atoms in total. The average Bonchev–Trinajstić information content (AvgIpc) is 2.82. The summed E-state index contributed by atoms with van der Waals surface area (Å²) < 4.78 is 5.40. The van der Waals surface area contributed by atoms with Crippen molar-refractivity contribution in [2.24, 2.45) is 0 Å². The molecule has 2 N–H and O–H groups in total. The van der Waals surface area contributed by atoms with Crippen LogP contribution < -0.4 is 5.73 Å². The number of aryl methyl sites for hydroxylation is 1. The lowest BCUT2D eigenvalue weighted by atomic mass is 10.0. The number of nitrogen functional groups attached to an aromatic ring is 1. The van der Waals surface area contributed by atoms with Crippen LogP contribution in [0.3, 0.4) is 0 Å². The molecule has 0 aliphatic heterocycles. The van der Waals surface area contributed by atoms with Crippen LogP contribution in [0.15, 0.2) is 53.2 Å². The Morgan fingerprint density at radius 2 is 1.84 bits per heavy atom. The smallest absolute Gasteiger partial charge is 0.178 e. The van der Waals surface area contributed by atoms with Gasteiger partial charge in [-0.1, -0.05) is 35.5 Å². The van der Waals surface area contributed by atoms with Gasteiger partial charge in [0.25, 0.3) is 0 Å². The second-order valence-electron chi connectivity index (χ2n) is 4.30. The lowest BCUT2D eigenvalue weighted by Crippen LogP contribution is -1.91. The van der Waals surface area contributed by atoms with E-state index in [2.05, 4.69) is 10.1 Å². The lowest BCUT2D eigenvalue weighted by Gasteiger charge is -2.04. The van der Waals surface area contributed by atoms with Gasteiger partial charge in [0.1, 0.15) is 0 Å². The molecule has 0 spiro atoms. The summed E-state index contributed by atoms with van der Waals surface area (Å²) in [7, 11) is 0. The molecule has 0 saturated carbocycles. The maximum Gasteiger partial charge on any atom is 0.178 e. The van der Waals surface area contributed by atoms with Crippen molar-refractivity contribution in [2.45, 2.75) is 6.92 Å². The minimum Gasteiger partial charge on any atom is -0.380 e. The molecule has 2 aromatic heterocycles. The second kappa shape index (κ2) is 4.57. The fourth-order valence-electron chi connectivity index (χ4n) is 2.07. The van der Waals surface area contributed by atoms with Crippen molar-refractivity contribution < 1.29 is 4.52 Å². The molecule has 3 rings (SSSR count). The SMILES string of the molecule is Cc1ccccc1-c1onc(N)c1-c1ccccn1. The number of hydrogen-bond acceptors (Lipinski definition) is 4. The molecule has 0 bridgehead atoms. The molecule has 0 unspecified atom stereocenters. The zero-order valence-corrected chi connectivity index (χ0v) is 10.5. The van der Waals surface area contributed by atoms with Crippen molar-refractivity contribution in [3.63, 3.8) is 0 Å². The van der Waals surface area contributed by atoms with E-state index < -0.39 is 0 Å². The quantitative estimate of drug-likeness (QED) is 0.759. The lowest BCUT2D eigenvalue weighted by molar-refractivity contribution is 0.436. The minimum absolute atomic E-state index is 0.358. The highest BCUT2D eigenvalue weighted by atomic mass is 16.5. The molecule has 2 heterocycles. The normalized spacial score (nSPS) is 10.6. The molecular formula is C15H13N3O. The van der Waals surface area contributed by atoms with Crippen molar-refractivity contribution in [3.8, 4) is 22.6 Å². The van der Waals surface area contributed by atoms with E-state index in [-0.39, 0.29) is 0 Å². The van der Waals surface area contributed by atoms with Gasteiger partial charge in [-0.2, -0.15) is 0 Å². The Hall–Kier alpha value is -2.62. The number of nitrogens with two attached hydrogens (primary N) is 1. The molecule has 0 radical (unpaired) electrons. The Morgan fingerprint density at radius 3 is 2.58 bits per heavy atom. The molecule has 0 aliphatic rings. The van der Waals surface area contributed by atoms with Gasteiger partial charge in [0.15, 0.2) is 11.6 Å². The van der Waals surface area contributed by atoms with Gasteiger partial charge >= 0.3 is 0 Å². The summed E-state index contributed by atoms with van der Waals surface area (Å²) in [6, 6.07) is 13.6. The van der Waals surface area contributed by atoms with E-state index in [4.69, 9.17) is 10.3 Å². The van der Waals surface area contributed by atoms with Crippen molar-refractivity contribution in [1.82, 2.24) is 10.1 Å². The van der Waals surface area contributed by atoms with E-state index in [1.165, 1.54) is 0 Å². The summed E-state index contributed by atoms with van der Waals surface area (Å²) in [5, 5.41) is 3.87. The van der Waals surface area contributed by atoms with Gasteiger partial charge in [0, 0.05) is 11.8 Å². The highest BCUT2D eigenvalue weighted by Gasteiger charge is 2.19. The maximum atomic E-state index is 5.92. The van der Waals surface area contributed by atoms with E-state index in [9.17, 15) is 0 Å². The fraction of sp³-hybridized carbons (Fsp3) is 0.0667. The molecule has 0 aliphatic carbocycles. The van der Waals surface area contributed by atoms with Crippen LogP contribution in [0, 0.1) is 6.92 Å².